The second kappa shape index (κ2) is 11.7. The quantitative estimate of drug-likeness (QED) is 0.0550. The zero-order valence-corrected chi connectivity index (χ0v) is 25.1. The number of hydrogen-bond donors (Lipinski definition) is 0. The van der Waals surface area contributed by atoms with E-state index in [4.69, 9.17) is 0 Å². The predicted octanol–water partition coefficient (Wildman–Crippen LogP) is 10.4. The fraction of sp³-hybridized carbons (Fsp3) is 0.0588. The summed E-state index contributed by atoms with van der Waals surface area (Å²) in [7, 11) is -9.05. The van der Waals surface area contributed by atoms with Crippen molar-refractivity contribution in [1.29, 1.82) is 0 Å². The molecule has 0 aliphatic carbocycles. The largest absolute Gasteiger partial charge is 0.572 e. The zero-order chi connectivity index (χ0) is 30.1. The van der Waals surface area contributed by atoms with E-state index in [1.54, 1.807) is 84.6 Å². The maximum Gasteiger partial charge on any atom is 0.572 e. The lowest BCUT2D eigenvalue weighted by Gasteiger charge is -2.34. The third-order valence-corrected chi connectivity index (χ3v) is 13.3. The SMILES string of the molecule is O=S(=O)([OH+]S(c1ccccc1)(c1ccccc1)c1ccc(SCc2c3ccccc3cc3ccccc23)cc1)C(F)(F)F. The van der Waals surface area contributed by atoms with Crippen LogP contribution in [0.25, 0.3) is 21.5 Å². The summed E-state index contributed by atoms with van der Waals surface area (Å²) in [6.45, 7) is 0. The van der Waals surface area contributed by atoms with Crippen molar-refractivity contribution in [1.82, 2.24) is 0 Å². The maximum absolute atomic E-state index is 13.8. The van der Waals surface area contributed by atoms with Gasteiger partial charge in [-0.05, 0) is 81.7 Å². The first-order valence-electron chi connectivity index (χ1n) is 13.3. The number of fused-ring (bicyclic) bond motifs is 2. The van der Waals surface area contributed by atoms with Gasteiger partial charge in [-0.1, -0.05) is 84.9 Å². The van der Waals surface area contributed by atoms with E-state index in [0.29, 0.717) is 20.4 Å². The molecule has 0 aliphatic heterocycles. The van der Waals surface area contributed by atoms with E-state index in [2.05, 4.69) is 34.0 Å². The molecule has 0 fully saturated rings. The summed E-state index contributed by atoms with van der Waals surface area (Å²) in [5.74, 6) is 0.670. The maximum atomic E-state index is 13.8. The molecule has 43 heavy (non-hydrogen) atoms. The Balaban J connectivity index is 1.42. The minimum Gasteiger partial charge on any atom is -0.255 e. The molecule has 0 aromatic heterocycles. The van der Waals surface area contributed by atoms with Gasteiger partial charge in [0.15, 0.2) is 0 Å². The average Bonchev–Trinajstić information content (AvgIpc) is 3.02. The van der Waals surface area contributed by atoms with Crippen LogP contribution in [0.1, 0.15) is 5.56 Å². The van der Waals surface area contributed by atoms with Crippen molar-refractivity contribution >= 4 is 53.7 Å². The molecule has 218 valence electrons. The minimum absolute atomic E-state index is 0.386. The molecular weight excluding hydrogens is 610 g/mol. The van der Waals surface area contributed by atoms with Crippen LogP contribution < -0.4 is 0 Å². The number of alkyl halides is 3. The Morgan fingerprint density at radius 2 is 1.02 bits per heavy atom. The predicted molar refractivity (Wildman–Crippen MR) is 170 cm³/mol. The van der Waals surface area contributed by atoms with E-state index in [1.165, 1.54) is 5.56 Å². The third kappa shape index (κ3) is 5.65. The van der Waals surface area contributed by atoms with Gasteiger partial charge in [-0.2, -0.15) is 13.2 Å². The number of benzene rings is 6. The number of hydrogen-bond acceptors (Lipinski definition) is 3. The Kier molecular flexibility index (Phi) is 8.00. The zero-order valence-electron chi connectivity index (χ0n) is 22.6. The number of halogens is 3. The van der Waals surface area contributed by atoms with Gasteiger partial charge in [-0.25, -0.2) is 0 Å². The van der Waals surface area contributed by atoms with Crippen molar-refractivity contribution in [2.45, 2.75) is 30.8 Å². The molecular formula is C34H26F3O3S3+. The van der Waals surface area contributed by atoms with Gasteiger partial charge in [0.1, 0.15) is 0 Å². The molecule has 0 atom stereocenters. The number of thioether (sulfide) groups is 1. The molecule has 0 saturated heterocycles. The van der Waals surface area contributed by atoms with Gasteiger partial charge in [0.25, 0.3) is 0 Å². The molecule has 0 unspecified atom stereocenters. The molecule has 0 aliphatic rings. The first-order valence-corrected chi connectivity index (χ1v) is 17.3. The molecule has 6 rings (SSSR count). The third-order valence-electron chi connectivity index (χ3n) is 7.10. The molecule has 0 amide bonds. The van der Waals surface area contributed by atoms with Crippen LogP contribution in [-0.2, 0) is 15.9 Å². The van der Waals surface area contributed by atoms with Crippen molar-refractivity contribution in [2.75, 3.05) is 0 Å². The highest BCUT2D eigenvalue weighted by atomic mass is 32.3. The summed E-state index contributed by atoms with van der Waals surface area (Å²) in [6, 6.07) is 42.4. The van der Waals surface area contributed by atoms with Crippen molar-refractivity contribution in [2.24, 2.45) is 0 Å². The summed E-state index contributed by atoms with van der Waals surface area (Å²) in [5.41, 5.74) is -4.34. The van der Waals surface area contributed by atoms with Gasteiger partial charge < -0.3 is 0 Å². The molecule has 9 heteroatoms. The fourth-order valence-electron chi connectivity index (χ4n) is 5.11. The normalized spacial score (nSPS) is 12.9. The molecule has 0 saturated carbocycles. The number of rotatable bonds is 8. The molecule has 0 spiro atoms. The van der Waals surface area contributed by atoms with Gasteiger partial charge in [-0.3, -0.25) is 3.63 Å². The topological polar surface area (TPSA) is 46.9 Å². The second-order valence-electron chi connectivity index (χ2n) is 9.76. The van der Waals surface area contributed by atoms with Crippen LogP contribution in [0.3, 0.4) is 0 Å². The van der Waals surface area contributed by atoms with E-state index in [1.807, 2.05) is 36.4 Å². The summed E-state index contributed by atoms with van der Waals surface area (Å²) in [6.07, 6.45) is 0. The van der Waals surface area contributed by atoms with Crippen LogP contribution in [0, 0.1) is 0 Å². The summed E-state index contributed by atoms with van der Waals surface area (Å²) >= 11 is 1.61. The van der Waals surface area contributed by atoms with Crippen LogP contribution in [0.4, 0.5) is 13.2 Å². The van der Waals surface area contributed by atoms with Crippen LogP contribution in [-0.4, -0.2) is 17.6 Å². The van der Waals surface area contributed by atoms with E-state index >= 15 is 0 Å². The lowest BCUT2D eigenvalue weighted by Crippen LogP contribution is -2.30. The molecule has 0 bridgehead atoms. The van der Waals surface area contributed by atoms with E-state index in [-0.39, 0.29) is 0 Å². The molecule has 6 aromatic rings. The highest BCUT2D eigenvalue weighted by Crippen LogP contribution is 2.69. The Morgan fingerprint density at radius 3 is 1.51 bits per heavy atom. The molecule has 3 nitrogen and oxygen atoms in total. The minimum atomic E-state index is -5.84. The lowest BCUT2D eigenvalue weighted by molar-refractivity contribution is -0.0540. The van der Waals surface area contributed by atoms with Crippen molar-refractivity contribution < 1.29 is 25.2 Å². The van der Waals surface area contributed by atoms with Crippen LogP contribution in [0.2, 0.25) is 0 Å². The van der Waals surface area contributed by atoms with E-state index < -0.39 is 25.9 Å². The highest BCUT2D eigenvalue weighted by molar-refractivity contribution is 8.32. The molecule has 1 N–H and O–H groups in total. The van der Waals surface area contributed by atoms with Gasteiger partial charge in [0.05, 0.1) is 25.0 Å². The Morgan fingerprint density at radius 1 is 0.581 bits per heavy atom. The Hall–Kier alpha value is -3.76. The van der Waals surface area contributed by atoms with Gasteiger partial charge in [0, 0.05) is 10.6 Å². The van der Waals surface area contributed by atoms with Crippen LogP contribution >= 0.6 is 22.1 Å². The van der Waals surface area contributed by atoms with Crippen molar-refractivity contribution in [3.8, 4) is 0 Å². The van der Waals surface area contributed by atoms with Crippen LogP contribution in [0.15, 0.2) is 159 Å². The summed E-state index contributed by atoms with van der Waals surface area (Å²) in [4.78, 5) is 2.06. The summed E-state index contributed by atoms with van der Waals surface area (Å²) in [5, 5.41) is 4.63. The van der Waals surface area contributed by atoms with E-state index in [0.717, 1.165) is 26.4 Å². The van der Waals surface area contributed by atoms with Gasteiger partial charge in [-0.15, -0.1) is 20.2 Å². The van der Waals surface area contributed by atoms with Crippen LogP contribution in [0.5, 0.6) is 0 Å². The molecule has 6 aromatic carbocycles. The second-order valence-corrected chi connectivity index (χ2v) is 15.4. The monoisotopic (exact) mass is 635 g/mol. The van der Waals surface area contributed by atoms with Crippen molar-refractivity contribution in [3.63, 3.8) is 0 Å². The average molecular weight is 636 g/mol. The Labute approximate surface area is 254 Å². The Bertz CT molecular complexity index is 1900. The van der Waals surface area contributed by atoms with Gasteiger partial charge >= 0.3 is 15.6 Å². The lowest BCUT2D eigenvalue weighted by atomic mass is 9.98. The van der Waals surface area contributed by atoms with E-state index in [9.17, 15) is 21.6 Å². The van der Waals surface area contributed by atoms with Crippen molar-refractivity contribution in [3.05, 3.63) is 145 Å². The fourth-order valence-corrected chi connectivity index (χ4v) is 11.1. The molecule has 0 radical (unpaired) electrons. The van der Waals surface area contributed by atoms with Gasteiger partial charge in [0.2, 0.25) is 0 Å². The summed E-state index contributed by atoms with van der Waals surface area (Å²) < 4.78 is 70.4. The first kappa shape index (κ1) is 29.3. The molecule has 0 heterocycles. The standard InChI is InChI=1S/C34H25F3O3S3/c35-34(36,37)43(38,39)40-42(28-13-3-1-4-14-28,29-15-5-2-6-16-29)30-21-19-27(20-22-30)41-24-33-31-17-9-7-11-25(31)23-26-12-8-10-18-32(26)33/h1-23H,24H2/p+1. The highest BCUT2D eigenvalue weighted by Gasteiger charge is 2.57. The first-order chi connectivity index (χ1) is 20.7. The smallest absolute Gasteiger partial charge is 0.255 e.